The van der Waals surface area contributed by atoms with Crippen molar-refractivity contribution in [2.24, 2.45) is 0 Å². The molecule has 0 bridgehead atoms. The lowest BCUT2D eigenvalue weighted by Gasteiger charge is -2.19. The van der Waals surface area contributed by atoms with Gasteiger partial charge in [-0.05, 0) is 96.3 Å². The number of benzene rings is 3. The van der Waals surface area contributed by atoms with Crippen molar-refractivity contribution in [1.82, 2.24) is 4.90 Å². The molecule has 0 amide bonds. The van der Waals surface area contributed by atoms with Crippen molar-refractivity contribution in [3.63, 3.8) is 0 Å². The van der Waals surface area contributed by atoms with Crippen LogP contribution in [0, 0.1) is 5.82 Å². The summed E-state index contributed by atoms with van der Waals surface area (Å²) in [5, 5.41) is 9.77. The third-order valence-electron chi connectivity index (χ3n) is 7.13. The van der Waals surface area contributed by atoms with E-state index in [2.05, 4.69) is 4.90 Å². The molecular weight excluding hydrogens is 458 g/mol. The number of hydrogen-bond donors (Lipinski definition) is 2. The van der Waals surface area contributed by atoms with Gasteiger partial charge in [0.05, 0.1) is 6.67 Å². The molecule has 1 fully saturated rings. The lowest BCUT2D eigenvalue weighted by atomic mass is 9.87. The first-order valence-electron chi connectivity index (χ1n) is 12.7. The zero-order chi connectivity index (χ0) is 25.1. The van der Waals surface area contributed by atoms with Crippen molar-refractivity contribution in [2.45, 2.75) is 38.2 Å². The molecule has 0 aromatic heterocycles. The van der Waals surface area contributed by atoms with Crippen LogP contribution < -0.4 is 10.5 Å². The average Bonchev–Trinajstić information content (AvgIpc) is 3.22. The highest BCUT2D eigenvalue weighted by atomic mass is 19.1. The summed E-state index contributed by atoms with van der Waals surface area (Å²) < 4.78 is 33.8. The highest BCUT2D eigenvalue weighted by Crippen LogP contribution is 2.41. The molecule has 1 aliphatic heterocycles. The number of nitrogens with zero attached hydrogens (tertiary/aromatic N) is 1. The number of allylic oxidation sites excluding steroid dienone is 1. The number of aromatic hydroxyl groups is 1. The molecule has 188 valence electrons. The third-order valence-corrected chi connectivity index (χ3v) is 7.13. The second-order valence-electron chi connectivity index (χ2n) is 9.68. The van der Waals surface area contributed by atoms with Crippen LogP contribution in [0.4, 0.5) is 14.5 Å². The number of fused-ring (bicyclic) bond motifs is 1. The fourth-order valence-electron chi connectivity index (χ4n) is 5.43. The number of anilines is 1. The summed E-state index contributed by atoms with van der Waals surface area (Å²) in [5.74, 6) is 0.275. The van der Waals surface area contributed by atoms with Gasteiger partial charge in [-0.2, -0.15) is 0 Å². The minimum atomic E-state index is -0.431. The monoisotopic (exact) mass is 490 g/mol. The van der Waals surface area contributed by atoms with Crippen molar-refractivity contribution in [2.75, 3.05) is 32.0 Å². The third kappa shape index (κ3) is 5.24. The molecule has 4 nitrogen and oxygen atoms in total. The molecular formula is C30H32F2N2O2. The number of nitrogen functional groups attached to an aromatic ring is 1. The molecule has 1 unspecified atom stereocenters. The molecule has 5 rings (SSSR count). The van der Waals surface area contributed by atoms with E-state index in [4.69, 9.17) is 10.5 Å². The molecule has 0 saturated carbocycles. The van der Waals surface area contributed by atoms with Crippen molar-refractivity contribution >= 4 is 16.8 Å². The minimum absolute atomic E-state index is 0.0862. The Labute approximate surface area is 211 Å². The summed E-state index contributed by atoms with van der Waals surface area (Å²) in [6.07, 6.45) is 4.02. The number of phenolic OH excluding ortho intramolecular Hbond substituents is 1. The Kier molecular flexibility index (Phi) is 7.23. The van der Waals surface area contributed by atoms with Gasteiger partial charge >= 0.3 is 0 Å². The lowest BCUT2D eigenvalue weighted by Crippen LogP contribution is -2.26. The van der Waals surface area contributed by atoms with Crippen LogP contribution in [0.5, 0.6) is 11.5 Å². The first-order chi connectivity index (χ1) is 17.5. The Morgan fingerprint density at radius 3 is 2.58 bits per heavy atom. The van der Waals surface area contributed by atoms with Crippen LogP contribution in [0.3, 0.4) is 0 Å². The standard InChI is InChI=1S/C30H32F2N2O2/c31-14-2-15-34-16-13-25(19-34)36-24-9-5-20(6-10-24)30-26-11-7-22(33)17-21(26)3-1-4-28(30)27-12-8-23(35)18-29(27)32/h5-12,17-18,25,35H,1-4,13-16,19,33H2. The minimum Gasteiger partial charge on any atom is -0.508 e. The Morgan fingerprint density at radius 1 is 1.00 bits per heavy atom. The van der Waals surface area contributed by atoms with E-state index in [1.54, 1.807) is 6.07 Å². The Hall–Kier alpha value is -3.38. The van der Waals surface area contributed by atoms with E-state index >= 15 is 4.39 Å². The fourth-order valence-corrected chi connectivity index (χ4v) is 5.43. The van der Waals surface area contributed by atoms with Gasteiger partial charge in [-0.25, -0.2) is 4.39 Å². The number of hydrogen-bond acceptors (Lipinski definition) is 4. The van der Waals surface area contributed by atoms with E-state index in [1.165, 1.54) is 12.1 Å². The maximum atomic E-state index is 15.0. The first kappa shape index (κ1) is 24.3. The molecule has 1 heterocycles. The van der Waals surface area contributed by atoms with Crippen molar-refractivity contribution in [1.29, 1.82) is 0 Å². The normalized spacial score (nSPS) is 18.2. The fraction of sp³-hybridized carbons (Fsp3) is 0.333. The van der Waals surface area contributed by atoms with Crippen molar-refractivity contribution in [3.05, 3.63) is 88.7 Å². The summed E-state index contributed by atoms with van der Waals surface area (Å²) in [7, 11) is 0. The number of rotatable bonds is 7. The number of nitrogens with two attached hydrogens (primary N) is 1. The highest BCUT2D eigenvalue weighted by Gasteiger charge is 2.25. The summed E-state index contributed by atoms with van der Waals surface area (Å²) in [6.45, 7) is 2.22. The molecule has 3 aromatic carbocycles. The predicted molar refractivity (Wildman–Crippen MR) is 140 cm³/mol. The van der Waals surface area contributed by atoms with Gasteiger partial charge in [-0.15, -0.1) is 0 Å². The number of phenols is 1. The van der Waals surface area contributed by atoms with Crippen LogP contribution in [0.25, 0.3) is 11.1 Å². The summed E-state index contributed by atoms with van der Waals surface area (Å²) in [4.78, 5) is 2.25. The quantitative estimate of drug-likeness (QED) is 0.386. The molecule has 0 radical (unpaired) electrons. The van der Waals surface area contributed by atoms with E-state index in [0.717, 1.165) is 72.5 Å². The van der Waals surface area contributed by atoms with E-state index in [-0.39, 0.29) is 18.5 Å². The van der Waals surface area contributed by atoms with E-state index in [1.807, 2.05) is 42.5 Å². The summed E-state index contributed by atoms with van der Waals surface area (Å²) in [5.41, 5.74) is 12.4. The van der Waals surface area contributed by atoms with Crippen LogP contribution in [-0.4, -0.2) is 42.4 Å². The molecule has 0 spiro atoms. The topological polar surface area (TPSA) is 58.7 Å². The zero-order valence-corrected chi connectivity index (χ0v) is 20.4. The van der Waals surface area contributed by atoms with Gasteiger partial charge in [0.2, 0.25) is 0 Å². The molecule has 1 saturated heterocycles. The Bertz CT molecular complexity index is 1260. The van der Waals surface area contributed by atoms with Crippen LogP contribution in [0.2, 0.25) is 0 Å². The molecule has 3 aromatic rings. The van der Waals surface area contributed by atoms with Gasteiger partial charge < -0.3 is 15.6 Å². The van der Waals surface area contributed by atoms with Gasteiger partial charge in [-0.3, -0.25) is 9.29 Å². The van der Waals surface area contributed by atoms with Crippen LogP contribution >= 0.6 is 0 Å². The van der Waals surface area contributed by atoms with Crippen LogP contribution in [-0.2, 0) is 6.42 Å². The van der Waals surface area contributed by atoms with Crippen molar-refractivity contribution in [3.8, 4) is 11.5 Å². The molecule has 6 heteroatoms. The van der Waals surface area contributed by atoms with E-state index in [0.29, 0.717) is 24.1 Å². The maximum Gasteiger partial charge on any atom is 0.134 e. The van der Waals surface area contributed by atoms with Crippen LogP contribution in [0.1, 0.15) is 47.9 Å². The molecule has 1 atom stereocenters. The molecule has 1 aliphatic carbocycles. The van der Waals surface area contributed by atoms with Gasteiger partial charge in [0.1, 0.15) is 23.4 Å². The number of halogens is 2. The van der Waals surface area contributed by atoms with Gasteiger partial charge in [-0.1, -0.05) is 18.2 Å². The summed E-state index contributed by atoms with van der Waals surface area (Å²) in [6, 6.07) is 18.3. The molecule has 2 aliphatic rings. The summed E-state index contributed by atoms with van der Waals surface area (Å²) >= 11 is 0. The maximum absolute atomic E-state index is 15.0. The van der Waals surface area contributed by atoms with Gasteiger partial charge in [0, 0.05) is 37.0 Å². The van der Waals surface area contributed by atoms with Gasteiger partial charge in [0.25, 0.3) is 0 Å². The highest BCUT2D eigenvalue weighted by molar-refractivity contribution is 6.00. The smallest absolute Gasteiger partial charge is 0.134 e. The molecule has 36 heavy (non-hydrogen) atoms. The number of alkyl halides is 1. The number of likely N-dealkylation sites (tertiary alicyclic amines) is 1. The predicted octanol–water partition coefficient (Wildman–Crippen LogP) is 6.22. The second kappa shape index (κ2) is 10.7. The zero-order valence-electron chi connectivity index (χ0n) is 20.4. The first-order valence-corrected chi connectivity index (χ1v) is 12.7. The lowest BCUT2D eigenvalue weighted by molar-refractivity contribution is 0.198. The van der Waals surface area contributed by atoms with E-state index < -0.39 is 5.82 Å². The van der Waals surface area contributed by atoms with E-state index in [9.17, 15) is 9.50 Å². The van der Waals surface area contributed by atoms with Gasteiger partial charge in [0.15, 0.2) is 0 Å². The SMILES string of the molecule is Nc1ccc2c(c1)CCCC(c1ccc(O)cc1F)=C2c1ccc(OC2CCN(CCCF)C2)cc1. The van der Waals surface area contributed by atoms with Crippen molar-refractivity contribution < 1.29 is 18.6 Å². The number of ether oxygens (including phenoxy) is 1. The average molecular weight is 491 g/mol. The largest absolute Gasteiger partial charge is 0.508 e. The number of aryl methyl sites for hydroxylation is 1. The molecule has 3 N–H and O–H groups in total. The second-order valence-corrected chi connectivity index (χ2v) is 9.68. The Balaban J connectivity index is 1.49. The Morgan fingerprint density at radius 2 is 1.81 bits per heavy atom. The van der Waals surface area contributed by atoms with Crippen LogP contribution in [0.15, 0.2) is 60.7 Å².